The number of aryl methyl sites for hydroxylation is 1. The van der Waals surface area contributed by atoms with Crippen molar-refractivity contribution in [3.05, 3.63) is 40.7 Å². The maximum atomic E-state index is 5.74. The van der Waals surface area contributed by atoms with E-state index < -0.39 is 0 Å². The summed E-state index contributed by atoms with van der Waals surface area (Å²) in [7, 11) is 1.70. The first-order valence-corrected chi connectivity index (χ1v) is 11.5. The van der Waals surface area contributed by atoms with E-state index >= 15 is 0 Å². The lowest BCUT2D eigenvalue weighted by atomic mass is 10.1. The van der Waals surface area contributed by atoms with Gasteiger partial charge in [-0.05, 0) is 58.7 Å². The third-order valence-corrected chi connectivity index (χ3v) is 5.09. The molecule has 2 rings (SSSR count). The van der Waals surface area contributed by atoms with Crippen LogP contribution in [0.4, 0.5) is 0 Å². The second-order valence-electron chi connectivity index (χ2n) is 7.38. The largest absolute Gasteiger partial charge is 0.490 e. The number of ether oxygens (including phenoxy) is 3. The number of nitrogens with zero attached hydrogens (tertiary/aromatic N) is 3. The highest BCUT2D eigenvalue weighted by Gasteiger charge is 2.11. The maximum absolute atomic E-state index is 5.74. The van der Waals surface area contributed by atoms with E-state index in [0.717, 1.165) is 60.5 Å². The Kier molecular flexibility index (Phi) is 10.9. The maximum Gasteiger partial charge on any atom is 0.191 e. The van der Waals surface area contributed by atoms with Crippen LogP contribution in [-0.4, -0.2) is 55.8 Å². The van der Waals surface area contributed by atoms with Crippen LogP contribution in [0, 0.1) is 13.8 Å². The first-order valence-electron chi connectivity index (χ1n) is 11.5. The number of rotatable bonds is 13. The summed E-state index contributed by atoms with van der Waals surface area (Å²) in [5.41, 5.74) is 4.49. The van der Waals surface area contributed by atoms with Crippen molar-refractivity contribution in [3.8, 4) is 11.5 Å². The molecule has 0 saturated heterocycles. The van der Waals surface area contributed by atoms with Gasteiger partial charge in [-0.1, -0.05) is 6.07 Å². The first-order chi connectivity index (χ1) is 15.5. The normalized spacial score (nSPS) is 11.5. The summed E-state index contributed by atoms with van der Waals surface area (Å²) >= 11 is 0. The van der Waals surface area contributed by atoms with Crippen LogP contribution in [0.25, 0.3) is 0 Å². The average molecular weight is 446 g/mol. The molecular formula is C24H39N5O3. The Hall–Kier alpha value is -2.74. The van der Waals surface area contributed by atoms with Gasteiger partial charge in [-0.25, -0.2) is 4.99 Å². The van der Waals surface area contributed by atoms with Gasteiger partial charge in [0.15, 0.2) is 17.5 Å². The van der Waals surface area contributed by atoms with Crippen LogP contribution < -0.4 is 20.1 Å². The minimum absolute atomic E-state index is 0.581. The summed E-state index contributed by atoms with van der Waals surface area (Å²) in [4.78, 5) is 4.78. The molecule has 1 heterocycles. The van der Waals surface area contributed by atoms with Crippen LogP contribution in [0.5, 0.6) is 11.5 Å². The molecule has 1 aromatic heterocycles. The minimum atomic E-state index is 0.581. The molecule has 0 amide bonds. The predicted molar refractivity (Wildman–Crippen MR) is 129 cm³/mol. The van der Waals surface area contributed by atoms with Gasteiger partial charge in [0.1, 0.15) is 0 Å². The molecule has 0 atom stereocenters. The number of guanidine groups is 1. The van der Waals surface area contributed by atoms with Crippen LogP contribution in [0.3, 0.4) is 0 Å². The quantitative estimate of drug-likeness (QED) is 0.364. The molecule has 0 bridgehead atoms. The number of methoxy groups -OCH3 is 1. The molecule has 178 valence electrons. The number of benzene rings is 1. The molecule has 2 N–H and O–H groups in total. The number of aromatic nitrogens is 2. The second kappa shape index (κ2) is 13.6. The lowest BCUT2D eigenvalue weighted by Gasteiger charge is -2.14. The van der Waals surface area contributed by atoms with Crippen LogP contribution in [0.1, 0.15) is 43.3 Å². The summed E-state index contributed by atoms with van der Waals surface area (Å²) in [5.74, 6) is 2.38. The van der Waals surface area contributed by atoms with Crippen molar-refractivity contribution < 1.29 is 14.2 Å². The van der Waals surface area contributed by atoms with E-state index in [1.165, 1.54) is 5.56 Å². The van der Waals surface area contributed by atoms with Gasteiger partial charge in [-0.3, -0.25) is 4.68 Å². The smallest absolute Gasteiger partial charge is 0.191 e. The Morgan fingerprint density at radius 2 is 1.81 bits per heavy atom. The van der Waals surface area contributed by atoms with Crippen molar-refractivity contribution in [1.29, 1.82) is 0 Å². The van der Waals surface area contributed by atoms with Crippen molar-refractivity contribution in [1.82, 2.24) is 20.4 Å². The van der Waals surface area contributed by atoms with Gasteiger partial charge in [0.25, 0.3) is 0 Å². The second-order valence-corrected chi connectivity index (χ2v) is 7.38. The molecule has 0 aliphatic heterocycles. The molecule has 32 heavy (non-hydrogen) atoms. The lowest BCUT2D eigenvalue weighted by molar-refractivity contribution is 0.182. The Morgan fingerprint density at radius 3 is 2.50 bits per heavy atom. The monoisotopic (exact) mass is 445 g/mol. The molecule has 0 aliphatic rings. The van der Waals surface area contributed by atoms with E-state index in [1.54, 1.807) is 7.11 Å². The molecule has 0 saturated carbocycles. The Balaban J connectivity index is 2.00. The van der Waals surface area contributed by atoms with Crippen LogP contribution in [0.2, 0.25) is 0 Å². The topological polar surface area (TPSA) is 81.9 Å². The van der Waals surface area contributed by atoms with Crippen LogP contribution in [0.15, 0.2) is 23.2 Å². The van der Waals surface area contributed by atoms with Gasteiger partial charge >= 0.3 is 0 Å². The molecular weight excluding hydrogens is 406 g/mol. The van der Waals surface area contributed by atoms with Gasteiger partial charge in [-0.2, -0.15) is 5.10 Å². The van der Waals surface area contributed by atoms with Crippen LogP contribution in [-0.2, 0) is 24.2 Å². The SMILES string of the molecule is CCNC(=NCc1c(C)nn(CCOC)c1C)NCCc1ccc(OCC)c(OCC)c1. The van der Waals surface area contributed by atoms with E-state index in [1.807, 2.05) is 31.5 Å². The fraction of sp³-hybridized carbons (Fsp3) is 0.583. The van der Waals surface area contributed by atoms with Crippen molar-refractivity contribution in [2.75, 3.05) is 40.0 Å². The zero-order valence-electron chi connectivity index (χ0n) is 20.5. The molecule has 8 nitrogen and oxygen atoms in total. The van der Waals surface area contributed by atoms with Gasteiger partial charge in [0.05, 0.1) is 38.6 Å². The Bertz CT molecular complexity index is 864. The third-order valence-electron chi connectivity index (χ3n) is 5.09. The zero-order valence-corrected chi connectivity index (χ0v) is 20.5. The van der Waals surface area contributed by atoms with Crippen molar-refractivity contribution in [3.63, 3.8) is 0 Å². The molecule has 0 spiro atoms. The van der Waals surface area contributed by atoms with Crippen molar-refractivity contribution >= 4 is 5.96 Å². The molecule has 0 unspecified atom stereocenters. The molecule has 8 heteroatoms. The van der Waals surface area contributed by atoms with Crippen molar-refractivity contribution in [2.24, 2.45) is 4.99 Å². The van der Waals surface area contributed by atoms with E-state index in [9.17, 15) is 0 Å². The van der Waals surface area contributed by atoms with Gasteiger partial charge < -0.3 is 24.8 Å². The molecule has 2 aromatic rings. The van der Waals surface area contributed by atoms with Gasteiger partial charge in [0.2, 0.25) is 0 Å². The van der Waals surface area contributed by atoms with Gasteiger partial charge in [-0.15, -0.1) is 0 Å². The highest BCUT2D eigenvalue weighted by molar-refractivity contribution is 5.79. The molecule has 0 aliphatic carbocycles. The van der Waals surface area contributed by atoms with Gasteiger partial charge in [0, 0.05) is 31.5 Å². The highest BCUT2D eigenvalue weighted by Crippen LogP contribution is 2.28. The van der Waals surface area contributed by atoms with E-state index in [2.05, 4.69) is 41.7 Å². The number of aliphatic imine (C=N–C) groups is 1. The Morgan fingerprint density at radius 1 is 1.06 bits per heavy atom. The fourth-order valence-corrected chi connectivity index (χ4v) is 3.43. The lowest BCUT2D eigenvalue weighted by Crippen LogP contribution is -2.38. The third kappa shape index (κ3) is 7.44. The van der Waals surface area contributed by atoms with E-state index in [0.29, 0.717) is 26.4 Å². The zero-order chi connectivity index (χ0) is 23.3. The Labute approximate surface area is 192 Å². The van der Waals surface area contributed by atoms with E-state index in [-0.39, 0.29) is 0 Å². The highest BCUT2D eigenvalue weighted by atomic mass is 16.5. The fourth-order valence-electron chi connectivity index (χ4n) is 3.43. The first kappa shape index (κ1) is 25.5. The summed E-state index contributed by atoms with van der Waals surface area (Å²) in [6, 6.07) is 6.12. The number of hydrogen-bond donors (Lipinski definition) is 2. The van der Waals surface area contributed by atoms with E-state index in [4.69, 9.17) is 19.2 Å². The number of hydrogen-bond acceptors (Lipinski definition) is 5. The number of nitrogens with one attached hydrogen (secondary N) is 2. The summed E-state index contributed by atoms with van der Waals surface area (Å²) in [6.07, 6.45) is 0.851. The summed E-state index contributed by atoms with van der Waals surface area (Å²) in [6.45, 7) is 14.9. The van der Waals surface area contributed by atoms with Crippen LogP contribution >= 0.6 is 0 Å². The summed E-state index contributed by atoms with van der Waals surface area (Å²) in [5, 5.41) is 11.4. The van der Waals surface area contributed by atoms with Crippen molar-refractivity contribution in [2.45, 2.75) is 54.1 Å². The molecule has 0 radical (unpaired) electrons. The standard InChI is InChI=1S/C24H39N5O3/c1-7-25-24(27-17-21-18(4)28-29(19(21)5)14-15-30-6)26-13-12-20-10-11-22(31-8-2)23(16-20)32-9-3/h10-11,16H,7-9,12-15,17H2,1-6H3,(H2,25,26,27). The average Bonchev–Trinajstić information content (AvgIpc) is 3.05. The molecule has 1 aromatic carbocycles. The minimum Gasteiger partial charge on any atom is -0.490 e. The molecule has 0 fully saturated rings. The predicted octanol–water partition coefficient (Wildman–Crippen LogP) is 3.24. The summed E-state index contributed by atoms with van der Waals surface area (Å²) < 4.78 is 18.6.